The molecule has 1 aliphatic heterocycles. The minimum atomic E-state index is -5.15. The molecule has 11 nitrogen and oxygen atoms in total. The van der Waals surface area contributed by atoms with Crippen molar-refractivity contribution >= 4 is 18.2 Å². The summed E-state index contributed by atoms with van der Waals surface area (Å²) in [6.07, 6.45) is -17.0. The monoisotopic (exact) mass is 547 g/mol. The SMILES string of the molecule is CCc1cc(OC(F)(F)F)cc2c1OC(C(F)(F)F)C(C(=O)OC(C)OC(=O)OCC(C)O[N+](=O)[O-])=C2. The highest BCUT2D eigenvalue weighted by molar-refractivity contribution is 5.96. The summed E-state index contributed by atoms with van der Waals surface area (Å²) in [6, 6.07) is 1.59. The van der Waals surface area contributed by atoms with Gasteiger partial charge in [-0.2, -0.15) is 13.2 Å². The molecular weight excluding hydrogens is 528 g/mol. The number of carbonyl (C=O) groups is 2. The van der Waals surface area contributed by atoms with E-state index in [0.29, 0.717) is 6.08 Å². The summed E-state index contributed by atoms with van der Waals surface area (Å²) in [5.74, 6) is -2.83. The van der Waals surface area contributed by atoms with Crippen LogP contribution in [0.5, 0.6) is 11.5 Å². The Morgan fingerprint density at radius 3 is 2.32 bits per heavy atom. The molecule has 3 atom stereocenters. The first-order valence-electron chi connectivity index (χ1n) is 10.2. The van der Waals surface area contributed by atoms with E-state index < -0.39 is 71.9 Å². The number of rotatable bonds is 9. The van der Waals surface area contributed by atoms with Gasteiger partial charge in [-0.3, -0.25) is 0 Å². The number of hydrogen-bond acceptors (Lipinski definition) is 10. The topological polar surface area (TPSA) is 133 Å². The van der Waals surface area contributed by atoms with Gasteiger partial charge in [-0.05, 0) is 37.1 Å². The van der Waals surface area contributed by atoms with E-state index in [1.165, 1.54) is 13.8 Å². The van der Waals surface area contributed by atoms with Crippen LogP contribution in [0.2, 0.25) is 0 Å². The molecule has 17 heteroatoms. The lowest BCUT2D eigenvalue weighted by molar-refractivity contribution is -0.767. The maximum Gasteiger partial charge on any atom is 0.573 e. The quantitative estimate of drug-likeness (QED) is 0.143. The molecule has 0 N–H and O–H groups in total. The molecule has 0 spiro atoms. The Kier molecular flexibility index (Phi) is 9.05. The molecule has 2 rings (SSSR count). The highest BCUT2D eigenvalue weighted by Gasteiger charge is 2.49. The minimum Gasteiger partial charge on any atom is -0.475 e. The van der Waals surface area contributed by atoms with Gasteiger partial charge in [-0.15, -0.1) is 23.3 Å². The van der Waals surface area contributed by atoms with Crippen molar-refractivity contribution in [2.24, 2.45) is 0 Å². The van der Waals surface area contributed by atoms with Gasteiger partial charge < -0.3 is 28.5 Å². The van der Waals surface area contributed by atoms with Gasteiger partial charge in [0.25, 0.3) is 5.09 Å². The summed E-state index contributed by atoms with van der Waals surface area (Å²) >= 11 is 0. The number of fused-ring (bicyclic) bond motifs is 1. The van der Waals surface area contributed by atoms with Gasteiger partial charge >= 0.3 is 24.7 Å². The summed E-state index contributed by atoms with van der Waals surface area (Å²) in [5.41, 5.74) is -1.52. The maximum absolute atomic E-state index is 13.7. The lowest BCUT2D eigenvalue weighted by Gasteiger charge is -2.30. The van der Waals surface area contributed by atoms with Crippen LogP contribution in [0.4, 0.5) is 31.1 Å². The fourth-order valence-electron chi connectivity index (χ4n) is 3.00. The van der Waals surface area contributed by atoms with Gasteiger partial charge in [-0.1, -0.05) is 6.92 Å². The molecule has 1 heterocycles. The van der Waals surface area contributed by atoms with E-state index in [9.17, 15) is 46.0 Å². The Morgan fingerprint density at radius 2 is 1.78 bits per heavy atom. The van der Waals surface area contributed by atoms with Crippen molar-refractivity contribution in [2.75, 3.05) is 6.61 Å². The molecule has 0 saturated carbocycles. The number of alkyl halides is 6. The van der Waals surface area contributed by atoms with Crippen LogP contribution in [0, 0.1) is 10.1 Å². The normalized spacial score (nSPS) is 16.8. The van der Waals surface area contributed by atoms with Crippen molar-refractivity contribution in [3.05, 3.63) is 38.9 Å². The number of benzene rings is 1. The second kappa shape index (κ2) is 11.4. The first-order chi connectivity index (χ1) is 17.0. The Bertz CT molecular complexity index is 1060. The fraction of sp³-hybridized carbons (Fsp3) is 0.500. The van der Waals surface area contributed by atoms with Gasteiger partial charge in [0.1, 0.15) is 24.2 Å². The first kappa shape index (κ1) is 29.3. The number of aryl methyl sites for hydroxylation is 1. The number of nitrogens with zero attached hydrogens (tertiary/aromatic N) is 1. The number of esters is 1. The average molecular weight is 547 g/mol. The van der Waals surface area contributed by atoms with E-state index in [1.807, 2.05) is 0 Å². The van der Waals surface area contributed by atoms with E-state index in [1.54, 1.807) is 0 Å². The predicted octanol–water partition coefficient (Wildman–Crippen LogP) is 4.49. The van der Waals surface area contributed by atoms with Crippen LogP contribution in [0.1, 0.15) is 31.9 Å². The molecule has 0 radical (unpaired) electrons. The lowest BCUT2D eigenvalue weighted by Crippen LogP contribution is -2.41. The third kappa shape index (κ3) is 8.60. The molecule has 3 unspecified atom stereocenters. The molecule has 0 saturated heterocycles. The van der Waals surface area contributed by atoms with Gasteiger partial charge in [0.15, 0.2) is 0 Å². The number of carbonyl (C=O) groups excluding carboxylic acids is 2. The molecule has 1 aromatic carbocycles. The Labute approximate surface area is 203 Å². The predicted molar refractivity (Wildman–Crippen MR) is 106 cm³/mol. The van der Waals surface area contributed by atoms with E-state index >= 15 is 0 Å². The van der Waals surface area contributed by atoms with Crippen LogP contribution in [0.3, 0.4) is 0 Å². The van der Waals surface area contributed by atoms with E-state index in [4.69, 9.17) is 4.74 Å². The van der Waals surface area contributed by atoms with Gasteiger partial charge in [-0.25, -0.2) is 9.59 Å². The zero-order chi connectivity index (χ0) is 28.1. The first-order valence-corrected chi connectivity index (χ1v) is 10.2. The molecule has 0 aliphatic carbocycles. The van der Waals surface area contributed by atoms with Gasteiger partial charge in [0, 0.05) is 12.5 Å². The van der Waals surface area contributed by atoms with Crippen LogP contribution in [0.25, 0.3) is 6.08 Å². The van der Waals surface area contributed by atoms with Crippen molar-refractivity contribution in [1.82, 2.24) is 0 Å². The van der Waals surface area contributed by atoms with Crippen LogP contribution in [0.15, 0.2) is 17.7 Å². The molecule has 206 valence electrons. The highest BCUT2D eigenvalue weighted by atomic mass is 19.4. The fourth-order valence-corrected chi connectivity index (χ4v) is 3.00. The second-order valence-electron chi connectivity index (χ2n) is 7.33. The maximum atomic E-state index is 13.7. The summed E-state index contributed by atoms with van der Waals surface area (Å²) in [5, 5.41) is 9.06. The number of halogens is 6. The molecule has 0 amide bonds. The Balaban J connectivity index is 2.24. The molecule has 0 fully saturated rings. The van der Waals surface area contributed by atoms with Gasteiger partial charge in [0.05, 0.1) is 5.57 Å². The van der Waals surface area contributed by atoms with Crippen molar-refractivity contribution in [3.63, 3.8) is 0 Å². The highest BCUT2D eigenvalue weighted by Crippen LogP contribution is 2.42. The van der Waals surface area contributed by atoms with Crippen molar-refractivity contribution in [3.8, 4) is 11.5 Å². The van der Waals surface area contributed by atoms with Gasteiger partial charge in [0.2, 0.25) is 12.4 Å². The zero-order valence-corrected chi connectivity index (χ0v) is 19.2. The van der Waals surface area contributed by atoms with E-state index in [-0.39, 0.29) is 17.5 Å². The number of hydrogen-bond donors (Lipinski definition) is 0. The third-order valence-corrected chi connectivity index (χ3v) is 4.38. The molecular formula is C20H19F6NO10. The zero-order valence-electron chi connectivity index (χ0n) is 19.2. The van der Waals surface area contributed by atoms with Crippen molar-refractivity contribution in [2.45, 2.75) is 58.2 Å². The Hall–Kier alpha value is -3.92. The molecule has 37 heavy (non-hydrogen) atoms. The van der Waals surface area contributed by atoms with Crippen LogP contribution in [-0.2, 0) is 30.3 Å². The lowest BCUT2D eigenvalue weighted by atomic mass is 9.97. The molecule has 1 aliphatic rings. The molecule has 1 aromatic rings. The average Bonchev–Trinajstić information content (AvgIpc) is 2.73. The van der Waals surface area contributed by atoms with Crippen LogP contribution in [-0.4, -0.2) is 54.9 Å². The van der Waals surface area contributed by atoms with Crippen molar-refractivity contribution < 1.29 is 69.5 Å². The van der Waals surface area contributed by atoms with Crippen LogP contribution < -0.4 is 9.47 Å². The second-order valence-corrected chi connectivity index (χ2v) is 7.33. The smallest absolute Gasteiger partial charge is 0.475 e. The molecule has 0 bridgehead atoms. The third-order valence-electron chi connectivity index (χ3n) is 4.38. The van der Waals surface area contributed by atoms with E-state index in [0.717, 1.165) is 19.1 Å². The number of ether oxygens (including phenoxy) is 5. The van der Waals surface area contributed by atoms with E-state index in [2.05, 4.69) is 23.8 Å². The Morgan fingerprint density at radius 1 is 1.14 bits per heavy atom. The molecule has 0 aromatic heterocycles. The summed E-state index contributed by atoms with van der Waals surface area (Å²) in [6.45, 7) is 2.93. The summed E-state index contributed by atoms with van der Waals surface area (Å²) < 4.78 is 102. The standard InChI is InChI=1S/C20H19F6NO10/c1-4-11-5-13(36-20(24,25)26)6-12-7-14(16(19(21,22)23)35-15(11)12)17(28)33-10(3)34-18(29)32-8-9(2)37-27(30)31/h5-7,9-10,16H,4,8H2,1-3H3. The minimum absolute atomic E-state index is 0.0338. The summed E-state index contributed by atoms with van der Waals surface area (Å²) in [4.78, 5) is 38.4. The summed E-state index contributed by atoms with van der Waals surface area (Å²) in [7, 11) is 0. The van der Waals surface area contributed by atoms with Crippen molar-refractivity contribution in [1.29, 1.82) is 0 Å². The van der Waals surface area contributed by atoms with Crippen LogP contribution >= 0.6 is 0 Å². The largest absolute Gasteiger partial charge is 0.573 e.